The van der Waals surface area contributed by atoms with Crippen LogP contribution in [-0.4, -0.2) is 30.5 Å². The lowest BCUT2D eigenvalue weighted by Gasteiger charge is -2.26. The van der Waals surface area contributed by atoms with E-state index in [2.05, 4.69) is 4.74 Å². The number of methoxy groups -OCH3 is 1. The highest BCUT2D eigenvalue weighted by atomic mass is 19.1. The molecular weight excluding hydrogens is 163 g/mol. The number of alkyl halides is 1. The minimum Gasteiger partial charge on any atom is -0.469 e. The van der Waals surface area contributed by atoms with Crippen molar-refractivity contribution in [1.29, 1.82) is 0 Å². The van der Waals surface area contributed by atoms with E-state index < -0.39 is 12.3 Å². The number of hydrogen-bond acceptors (Lipinski definition) is 3. The van der Waals surface area contributed by atoms with Gasteiger partial charge in [0.1, 0.15) is 6.17 Å². The standard InChI is InChI=1S/C8H13FO3/c1-12-8(11)5-2-3-7(10)6(9)4-5/h5-7,10H,2-4H2,1H3/t5-,6+,7-/m0/s1. The Kier molecular flexibility index (Phi) is 3.03. The average Bonchev–Trinajstić information content (AvgIpc) is 2.08. The van der Waals surface area contributed by atoms with E-state index >= 15 is 0 Å². The third kappa shape index (κ3) is 1.94. The average molecular weight is 176 g/mol. The molecule has 1 aliphatic carbocycles. The Morgan fingerprint density at radius 3 is 2.75 bits per heavy atom. The Morgan fingerprint density at radius 1 is 1.58 bits per heavy atom. The van der Waals surface area contributed by atoms with Gasteiger partial charge in [-0.3, -0.25) is 4.79 Å². The fourth-order valence-electron chi connectivity index (χ4n) is 1.48. The maximum absolute atomic E-state index is 12.9. The van der Waals surface area contributed by atoms with Crippen molar-refractivity contribution in [2.45, 2.75) is 31.5 Å². The Hall–Kier alpha value is -0.640. The molecule has 0 aromatic heterocycles. The van der Waals surface area contributed by atoms with Crippen LogP contribution in [0.5, 0.6) is 0 Å². The summed E-state index contributed by atoms with van der Waals surface area (Å²) in [5.41, 5.74) is 0. The van der Waals surface area contributed by atoms with E-state index in [0.29, 0.717) is 12.8 Å². The topological polar surface area (TPSA) is 46.5 Å². The van der Waals surface area contributed by atoms with E-state index in [-0.39, 0.29) is 18.3 Å². The molecule has 0 unspecified atom stereocenters. The summed E-state index contributed by atoms with van der Waals surface area (Å²) in [7, 11) is 1.29. The largest absolute Gasteiger partial charge is 0.469 e. The number of halogens is 1. The monoisotopic (exact) mass is 176 g/mol. The summed E-state index contributed by atoms with van der Waals surface area (Å²) in [6.07, 6.45) is -1.21. The first-order chi connectivity index (χ1) is 5.65. The van der Waals surface area contributed by atoms with Crippen LogP contribution in [0, 0.1) is 5.92 Å². The Labute approximate surface area is 70.5 Å². The van der Waals surface area contributed by atoms with Crippen molar-refractivity contribution in [2.75, 3.05) is 7.11 Å². The molecular formula is C8H13FO3. The molecule has 0 amide bonds. The fraction of sp³-hybridized carbons (Fsp3) is 0.875. The van der Waals surface area contributed by atoms with Gasteiger partial charge in [-0.2, -0.15) is 0 Å². The molecule has 1 fully saturated rings. The summed E-state index contributed by atoms with van der Waals surface area (Å²) in [4.78, 5) is 10.9. The molecule has 0 aromatic carbocycles. The minimum absolute atomic E-state index is 0.0911. The Morgan fingerprint density at radius 2 is 2.25 bits per heavy atom. The molecule has 0 radical (unpaired) electrons. The van der Waals surface area contributed by atoms with Crippen molar-refractivity contribution >= 4 is 5.97 Å². The van der Waals surface area contributed by atoms with E-state index in [1.54, 1.807) is 0 Å². The van der Waals surface area contributed by atoms with Gasteiger partial charge in [-0.15, -0.1) is 0 Å². The van der Waals surface area contributed by atoms with E-state index in [4.69, 9.17) is 5.11 Å². The third-order valence-corrected chi connectivity index (χ3v) is 2.27. The molecule has 4 heteroatoms. The van der Waals surface area contributed by atoms with Gasteiger partial charge in [0.25, 0.3) is 0 Å². The van der Waals surface area contributed by atoms with Crippen molar-refractivity contribution in [2.24, 2.45) is 5.92 Å². The van der Waals surface area contributed by atoms with Gasteiger partial charge < -0.3 is 9.84 Å². The molecule has 0 bridgehead atoms. The van der Waals surface area contributed by atoms with Gasteiger partial charge in [0.15, 0.2) is 0 Å². The second kappa shape index (κ2) is 3.85. The summed E-state index contributed by atoms with van der Waals surface area (Å²) < 4.78 is 17.4. The van der Waals surface area contributed by atoms with Crippen LogP contribution >= 0.6 is 0 Å². The summed E-state index contributed by atoms with van der Waals surface area (Å²) in [6.45, 7) is 0. The number of hydrogen-bond donors (Lipinski definition) is 1. The van der Waals surface area contributed by atoms with Crippen LogP contribution in [-0.2, 0) is 9.53 Å². The lowest BCUT2D eigenvalue weighted by atomic mass is 9.86. The number of esters is 1. The molecule has 70 valence electrons. The van der Waals surface area contributed by atoms with E-state index in [1.807, 2.05) is 0 Å². The zero-order chi connectivity index (χ0) is 9.14. The van der Waals surface area contributed by atoms with Gasteiger partial charge >= 0.3 is 5.97 Å². The van der Waals surface area contributed by atoms with Gasteiger partial charge in [0, 0.05) is 0 Å². The van der Waals surface area contributed by atoms with Crippen molar-refractivity contribution in [3.63, 3.8) is 0 Å². The normalized spacial score (nSPS) is 36.1. The quantitative estimate of drug-likeness (QED) is 0.597. The maximum atomic E-state index is 12.9. The lowest BCUT2D eigenvalue weighted by Crippen LogP contribution is -2.34. The molecule has 0 aromatic rings. The maximum Gasteiger partial charge on any atom is 0.308 e. The molecule has 1 saturated carbocycles. The van der Waals surface area contributed by atoms with Gasteiger partial charge in [0.2, 0.25) is 0 Å². The van der Waals surface area contributed by atoms with Crippen LogP contribution in [0.15, 0.2) is 0 Å². The van der Waals surface area contributed by atoms with Crippen molar-refractivity contribution in [3.8, 4) is 0 Å². The van der Waals surface area contributed by atoms with E-state index in [1.165, 1.54) is 7.11 Å². The van der Waals surface area contributed by atoms with Crippen LogP contribution < -0.4 is 0 Å². The van der Waals surface area contributed by atoms with Gasteiger partial charge in [-0.05, 0) is 19.3 Å². The molecule has 3 atom stereocenters. The predicted octanol–water partition coefficient (Wildman–Crippen LogP) is 0.658. The molecule has 0 heterocycles. The zero-order valence-corrected chi connectivity index (χ0v) is 7.00. The highest BCUT2D eigenvalue weighted by molar-refractivity contribution is 5.72. The number of carbonyl (C=O) groups is 1. The van der Waals surface area contributed by atoms with E-state index in [0.717, 1.165) is 0 Å². The molecule has 1 aliphatic rings. The molecule has 3 nitrogen and oxygen atoms in total. The van der Waals surface area contributed by atoms with Gasteiger partial charge in [0.05, 0.1) is 19.1 Å². The molecule has 12 heavy (non-hydrogen) atoms. The van der Waals surface area contributed by atoms with Crippen LogP contribution in [0.2, 0.25) is 0 Å². The van der Waals surface area contributed by atoms with Crippen LogP contribution in [0.25, 0.3) is 0 Å². The van der Waals surface area contributed by atoms with Crippen molar-refractivity contribution in [1.82, 2.24) is 0 Å². The highest BCUT2D eigenvalue weighted by Crippen LogP contribution is 2.27. The SMILES string of the molecule is COC(=O)[C@H]1CC[C@H](O)[C@H](F)C1. The van der Waals surface area contributed by atoms with Crippen LogP contribution in [0.1, 0.15) is 19.3 Å². The minimum atomic E-state index is -1.28. The molecule has 1 rings (SSSR count). The summed E-state index contributed by atoms with van der Waals surface area (Å²) in [5.74, 6) is -0.738. The lowest BCUT2D eigenvalue weighted by molar-refractivity contribution is -0.148. The fourth-order valence-corrected chi connectivity index (χ4v) is 1.48. The smallest absolute Gasteiger partial charge is 0.308 e. The Bertz CT molecular complexity index is 172. The number of aliphatic hydroxyl groups is 1. The molecule has 0 spiro atoms. The summed E-state index contributed by atoms with van der Waals surface area (Å²) in [5, 5.41) is 9.02. The van der Waals surface area contributed by atoms with Gasteiger partial charge in [-0.25, -0.2) is 4.39 Å². The van der Waals surface area contributed by atoms with Crippen molar-refractivity contribution < 1.29 is 19.0 Å². The second-order valence-corrected chi connectivity index (χ2v) is 3.12. The second-order valence-electron chi connectivity index (χ2n) is 3.12. The number of carbonyl (C=O) groups excluding carboxylic acids is 1. The Balaban J connectivity index is 2.45. The van der Waals surface area contributed by atoms with Crippen LogP contribution in [0.4, 0.5) is 4.39 Å². The first-order valence-electron chi connectivity index (χ1n) is 4.05. The highest BCUT2D eigenvalue weighted by Gasteiger charge is 2.33. The molecule has 1 N–H and O–H groups in total. The number of ether oxygens (including phenoxy) is 1. The summed E-state index contributed by atoms with van der Waals surface area (Å²) in [6, 6.07) is 0. The first kappa shape index (κ1) is 9.45. The molecule has 0 saturated heterocycles. The van der Waals surface area contributed by atoms with Gasteiger partial charge in [-0.1, -0.05) is 0 Å². The van der Waals surface area contributed by atoms with Crippen molar-refractivity contribution in [3.05, 3.63) is 0 Å². The number of aliphatic hydroxyl groups excluding tert-OH is 1. The number of rotatable bonds is 1. The first-order valence-corrected chi connectivity index (χ1v) is 4.05. The van der Waals surface area contributed by atoms with E-state index in [9.17, 15) is 9.18 Å². The predicted molar refractivity (Wildman–Crippen MR) is 40.3 cm³/mol. The summed E-state index contributed by atoms with van der Waals surface area (Å²) >= 11 is 0. The third-order valence-electron chi connectivity index (χ3n) is 2.27. The van der Waals surface area contributed by atoms with Crippen LogP contribution in [0.3, 0.4) is 0 Å². The zero-order valence-electron chi connectivity index (χ0n) is 7.00. The molecule has 0 aliphatic heterocycles.